The second kappa shape index (κ2) is 7.98. The van der Waals surface area contributed by atoms with Gasteiger partial charge in [0.05, 0.1) is 24.7 Å². The van der Waals surface area contributed by atoms with E-state index in [1.54, 1.807) is 12.1 Å². The Morgan fingerprint density at radius 2 is 1.85 bits per heavy atom. The molecule has 0 heterocycles. The Morgan fingerprint density at radius 3 is 2.42 bits per heavy atom. The summed E-state index contributed by atoms with van der Waals surface area (Å²) >= 11 is 0. The van der Waals surface area contributed by atoms with Crippen LogP contribution in [0.4, 0.5) is 4.39 Å². The second-order valence-electron chi connectivity index (χ2n) is 6.79. The van der Waals surface area contributed by atoms with Gasteiger partial charge in [0.15, 0.2) is 0 Å². The summed E-state index contributed by atoms with van der Waals surface area (Å²) in [6.07, 6.45) is 1.20. The zero-order valence-corrected chi connectivity index (χ0v) is 14.9. The van der Waals surface area contributed by atoms with Crippen LogP contribution in [-0.2, 0) is 14.9 Å². The van der Waals surface area contributed by atoms with Crippen molar-refractivity contribution in [1.29, 1.82) is 0 Å². The van der Waals surface area contributed by atoms with Gasteiger partial charge >= 0.3 is 0 Å². The maximum Gasteiger partial charge on any atom is 0.230 e. The maximum absolute atomic E-state index is 13.1. The van der Waals surface area contributed by atoms with E-state index in [-0.39, 0.29) is 31.0 Å². The standard InChI is InChI=1S/C21H24FNO3/c1-15-2-4-16(5-3-15)19(26-13-12-24)14-23-20(25)21(10-11-21)17-6-8-18(22)9-7-17/h2-9,19,24H,10-14H2,1H3,(H,23,25). The molecule has 0 aromatic heterocycles. The van der Waals surface area contributed by atoms with Crippen LogP contribution in [0.25, 0.3) is 0 Å². The average Bonchev–Trinajstić information content (AvgIpc) is 3.45. The van der Waals surface area contributed by atoms with Gasteiger partial charge in [-0.3, -0.25) is 4.79 Å². The van der Waals surface area contributed by atoms with Gasteiger partial charge < -0.3 is 15.2 Å². The van der Waals surface area contributed by atoms with Gasteiger partial charge in [-0.25, -0.2) is 4.39 Å². The van der Waals surface area contributed by atoms with Crippen LogP contribution in [0, 0.1) is 12.7 Å². The lowest BCUT2D eigenvalue weighted by Crippen LogP contribution is -2.37. The van der Waals surface area contributed by atoms with Crippen molar-refractivity contribution in [1.82, 2.24) is 5.32 Å². The van der Waals surface area contributed by atoms with Crippen LogP contribution >= 0.6 is 0 Å². The van der Waals surface area contributed by atoms with Gasteiger partial charge in [0.2, 0.25) is 5.91 Å². The lowest BCUT2D eigenvalue weighted by Gasteiger charge is -2.21. The van der Waals surface area contributed by atoms with E-state index in [0.29, 0.717) is 6.54 Å². The first-order valence-electron chi connectivity index (χ1n) is 8.88. The number of hydrogen-bond donors (Lipinski definition) is 2. The minimum absolute atomic E-state index is 0.0613. The molecule has 1 amide bonds. The van der Waals surface area contributed by atoms with Crippen molar-refractivity contribution in [2.24, 2.45) is 0 Å². The van der Waals surface area contributed by atoms with Crippen molar-refractivity contribution in [3.63, 3.8) is 0 Å². The second-order valence-corrected chi connectivity index (χ2v) is 6.79. The third-order valence-corrected chi connectivity index (χ3v) is 4.89. The summed E-state index contributed by atoms with van der Waals surface area (Å²) < 4.78 is 18.9. The van der Waals surface area contributed by atoms with E-state index in [0.717, 1.165) is 29.5 Å². The molecule has 0 spiro atoms. The predicted octanol–water partition coefficient (Wildman–Crippen LogP) is 3.03. The van der Waals surface area contributed by atoms with E-state index in [1.807, 2.05) is 31.2 Å². The van der Waals surface area contributed by atoms with Crippen molar-refractivity contribution < 1.29 is 19.0 Å². The van der Waals surface area contributed by atoms with Crippen LogP contribution in [0.5, 0.6) is 0 Å². The molecule has 2 aromatic rings. The van der Waals surface area contributed by atoms with E-state index in [2.05, 4.69) is 5.32 Å². The van der Waals surface area contributed by atoms with Gasteiger partial charge in [-0.2, -0.15) is 0 Å². The first-order chi connectivity index (χ1) is 12.5. The molecule has 1 saturated carbocycles. The molecule has 2 aromatic carbocycles. The third-order valence-electron chi connectivity index (χ3n) is 4.89. The maximum atomic E-state index is 13.1. The molecule has 1 fully saturated rings. The van der Waals surface area contributed by atoms with E-state index in [9.17, 15) is 9.18 Å². The van der Waals surface area contributed by atoms with Gasteiger partial charge in [0.1, 0.15) is 5.82 Å². The third kappa shape index (κ3) is 4.11. The topological polar surface area (TPSA) is 58.6 Å². The zero-order chi connectivity index (χ0) is 18.6. The Kier molecular flexibility index (Phi) is 5.69. The molecule has 138 valence electrons. The van der Waals surface area contributed by atoms with Crippen molar-refractivity contribution in [2.75, 3.05) is 19.8 Å². The molecule has 1 atom stereocenters. The highest BCUT2D eigenvalue weighted by Gasteiger charge is 2.51. The van der Waals surface area contributed by atoms with Crippen LogP contribution in [0.3, 0.4) is 0 Å². The van der Waals surface area contributed by atoms with Crippen molar-refractivity contribution in [3.8, 4) is 0 Å². The lowest BCUT2D eigenvalue weighted by molar-refractivity contribution is -0.124. The van der Waals surface area contributed by atoms with Gasteiger partial charge in [-0.15, -0.1) is 0 Å². The molecule has 0 aliphatic heterocycles. The summed E-state index contributed by atoms with van der Waals surface area (Å²) in [5.74, 6) is -0.365. The van der Waals surface area contributed by atoms with Crippen molar-refractivity contribution in [2.45, 2.75) is 31.3 Å². The number of aliphatic hydroxyl groups excluding tert-OH is 1. The molecule has 26 heavy (non-hydrogen) atoms. The summed E-state index contributed by atoms with van der Waals surface area (Å²) in [6.45, 7) is 2.47. The summed E-state index contributed by atoms with van der Waals surface area (Å²) in [7, 11) is 0. The number of carbonyl (C=O) groups excluding carboxylic acids is 1. The Hall–Kier alpha value is -2.24. The number of aliphatic hydroxyl groups is 1. The normalized spacial score (nSPS) is 16.1. The van der Waals surface area contributed by atoms with Crippen LogP contribution in [0.2, 0.25) is 0 Å². The number of nitrogens with one attached hydrogen (secondary N) is 1. The van der Waals surface area contributed by atoms with Crippen molar-refractivity contribution in [3.05, 3.63) is 71.0 Å². The largest absolute Gasteiger partial charge is 0.394 e. The van der Waals surface area contributed by atoms with E-state index >= 15 is 0 Å². The minimum Gasteiger partial charge on any atom is -0.394 e. The Balaban J connectivity index is 1.67. The molecule has 5 heteroatoms. The zero-order valence-electron chi connectivity index (χ0n) is 14.9. The highest BCUT2D eigenvalue weighted by molar-refractivity contribution is 5.91. The Morgan fingerprint density at radius 1 is 1.19 bits per heavy atom. The molecule has 1 aliphatic rings. The predicted molar refractivity (Wildman–Crippen MR) is 97.3 cm³/mol. The minimum atomic E-state index is -0.553. The van der Waals surface area contributed by atoms with E-state index in [1.165, 1.54) is 12.1 Å². The van der Waals surface area contributed by atoms with Gasteiger partial charge in [-0.05, 0) is 43.0 Å². The highest BCUT2D eigenvalue weighted by Crippen LogP contribution is 2.48. The number of halogens is 1. The fourth-order valence-corrected chi connectivity index (χ4v) is 3.14. The summed E-state index contributed by atoms with van der Waals surface area (Å²) in [5, 5.41) is 12.0. The number of benzene rings is 2. The molecule has 2 N–H and O–H groups in total. The Bertz CT molecular complexity index is 739. The van der Waals surface area contributed by atoms with E-state index < -0.39 is 5.41 Å². The lowest BCUT2D eigenvalue weighted by atomic mass is 9.95. The fraction of sp³-hybridized carbons (Fsp3) is 0.381. The number of carbonyl (C=O) groups is 1. The summed E-state index contributed by atoms with van der Waals surface area (Å²) in [4.78, 5) is 12.8. The Labute approximate surface area is 153 Å². The number of ether oxygens (including phenoxy) is 1. The molecular formula is C21H24FNO3. The first kappa shape index (κ1) is 18.5. The van der Waals surface area contributed by atoms with Gasteiger partial charge in [0, 0.05) is 6.54 Å². The number of aryl methyl sites for hydroxylation is 1. The molecule has 0 radical (unpaired) electrons. The number of hydrogen-bond acceptors (Lipinski definition) is 3. The average molecular weight is 357 g/mol. The van der Waals surface area contributed by atoms with Crippen LogP contribution in [-0.4, -0.2) is 30.8 Å². The summed E-state index contributed by atoms with van der Waals surface area (Å²) in [5.41, 5.74) is 2.39. The highest BCUT2D eigenvalue weighted by atomic mass is 19.1. The van der Waals surface area contributed by atoms with E-state index in [4.69, 9.17) is 9.84 Å². The molecule has 1 unspecified atom stereocenters. The summed E-state index contributed by atoms with van der Waals surface area (Å²) in [6, 6.07) is 14.1. The molecule has 0 saturated heterocycles. The van der Waals surface area contributed by atoms with Crippen LogP contribution in [0.15, 0.2) is 48.5 Å². The number of amides is 1. The molecular weight excluding hydrogens is 333 g/mol. The quantitative estimate of drug-likeness (QED) is 0.763. The molecule has 0 bridgehead atoms. The fourth-order valence-electron chi connectivity index (χ4n) is 3.14. The van der Waals surface area contributed by atoms with Crippen molar-refractivity contribution >= 4 is 5.91 Å². The smallest absolute Gasteiger partial charge is 0.230 e. The van der Waals surface area contributed by atoms with Gasteiger partial charge in [-0.1, -0.05) is 42.0 Å². The molecule has 4 nitrogen and oxygen atoms in total. The number of rotatable bonds is 8. The monoisotopic (exact) mass is 357 g/mol. The van der Waals surface area contributed by atoms with Crippen LogP contribution < -0.4 is 5.32 Å². The SMILES string of the molecule is Cc1ccc(C(CNC(=O)C2(c3ccc(F)cc3)CC2)OCCO)cc1. The first-order valence-corrected chi connectivity index (χ1v) is 8.88. The molecule has 3 rings (SSSR count). The van der Waals surface area contributed by atoms with Gasteiger partial charge in [0.25, 0.3) is 0 Å². The van der Waals surface area contributed by atoms with Crippen LogP contribution in [0.1, 0.15) is 35.6 Å². The molecule has 1 aliphatic carbocycles.